The zero-order valence-electron chi connectivity index (χ0n) is 14.3. The van der Waals surface area contributed by atoms with Crippen molar-refractivity contribution in [2.24, 2.45) is 0 Å². The van der Waals surface area contributed by atoms with E-state index in [-0.39, 0.29) is 5.69 Å². The highest BCUT2D eigenvalue weighted by Crippen LogP contribution is 2.23. The SMILES string of the molecule is Cc1cccc(Nc2ccc(C(=O)Nc3c(F)cccc3F)nc2)c1C. The fraction of sp³-hybridized carbons (Fsp3) is 0.100. The van der Waals surface area contributed by atoms with E-state index in [2.05, 4.69) is 15.6 Å². The number of carbonyl (C=O) groups excluding carboxylic acids is 1. The highest BCUT2D eigenvalue weighted by Gasteiger charge is 2.14. The molecule has 0 radical (unpaired) electrons. The number of pyridine rings is 1. The number of amides is 1. The molecule has 4 nitrogen and oxygen atoms in total. The van der Waals surface area contributed by atoms with Gasteiger partial charge in [-0.2, -0.15) is 0 Å². The summed E-state index contributed by atoms with van der Waals surface area (Å²) in [5.41, 5.74) is 3.48. The van der Waals surface area contributed by atoms with E-state index in [1.807, 2.05) is 32.0 Å². The maximum absolute atomic E-state index is 13.6. The van der Waals surface area contributed by atoms with Crippen LogP contribution in [0.5, 0.6) is 0 Å². The number of para-hydroxylation sites is 1. The molecule has 3 aromatic rings. The Morgan fingerprint density at radius 2 is 1.65 bits per heavy atom. The Hall–Kier alpha value is -3.28. The summed E-state index contributed by atoms with van der Waals surface area (Å²) in [6, 6.07) is 12.5. The van der Waals surface area contributed by atoms with Crippen molar-refractivity contribution >= 4 is 23.0 Å². The summed E-state index contributed by atoms with van der Waals surface area (Å²) in [7, 11) is 0. The largest absolute Gasteiger partial charge is 0.354 e. The average molecular weight is 353 g/mol. The van der Waals surface area contributed by atoms with Crippen molar-refractivity contribution in [3.05, 3.63) is 83.2 Å². The number of aromatic nitrogens is 1. The second-order valence-corrected chi connectivity index (χ2v) is 5.86. The maximum atomic E-state index is 13.6. The van der Waals surface area contributed by atoms with Gasteiger partial charge in [0.1, 0.15) is 23.0 Å². The van der Waals surface area contributed by atoms with E-state index in [9.17, 15) is 13.6 Å². The summed E-state index contributed by atoms with van der Waals surface area (Å²) in [6.45, 7) is 4.03. The Labute approximate surface area is 149 Å². The minimum Gasteiger partial charge on any atom is -0.354 e. The van der Waals surface area contributed by atoms with Crippen LogP contribution in [0.1, 0.15) is 21.6 Å². The zero-order chi connectivity index (χ0) is 18.7. The van der Waals surface area contributed by atoms with Crippen LogP contribution in [0, 0.1) is 25.5 Å². The van der Waals surface area contributed by atoms with Gasteiger partial charge in [-0.15, -0.1) is 0 Å². The molecule has 0 unspecified atom stereocenters. The van der Waals surface area contributed by atoms with Crippen LogP contribution in [0.4, 0.5) is 25.8 Å². The third-order valence-corrected chi connectivity index (χ3v) is 4.08. The maximum Gasteiger partial charge on any atom is 0.274 e. The van der Waals surface area contributed by atoms with Crippen molar-refractivity contribution in [1.29, 1.82) is 0 Å². The standard InChI is InChI=1S/C20H17F2N3O/c1-12-5-3-8-17(13(12)2)24-14-9-10-18(23-11-14)20(26)25-19-15(21)6-4-7-16(19)22/h3-11,24H,1-2H3,(H,25,26). The topological polar surface area (TPSA) is 54.0 Å². The molecule has 0 saturated heterocycles. The first kappa shape index (κ1) is 17.5. The van der Waals surface area contributed by atoms with Crippen molar-refractivity contribution in [2.45, 2.75) is 13.8 Å². The summed E-state index contributed by atoms with van der Waals surface area (Å²) in [5.74, 6) is -2.37. The Morgan fingerprint density at radius 1 is 0.962 bits per heavy atom. The minimum absolute atomic E-state index is 0.0548. The van der Waals surface area contributed by atoms with Crippen LogP contribution in [-0.4, -0.2) is 10.9 Å². The van der Waals surface area contributed by atoms with Crippen molar-refractivity contribution < 1.29 is 13.6 Å². The van der Waals surface area contributed by atoms with E-state index < -0.39 is 23.2 Å². The molecule has 0 atom stereocenters. The van der Waals surface area contributed by atoms with Crippen LogP contribution >= 0.6 is 0 Å². The third-order valence-electron chi connectivity index (χ3n) is 4.08. The molecule has 0 aliphatic rings. The predicted octanol–water partition coefficient (Wildman–Crippen LogP) is 4.97. The molecule has 1 aromatic heterocycles. The van der Waals surface area contributed by atoms with Crippen LogP contribution in [0.3, 0.4) is 0 Å². The Kier molecular flexibility index (Phi) is 4.93. The lowest BCUT2D eigenvalue weighted by atomic mass is 10.1. The summed E-state index contributed by atoms with van der Waals surface area (Å²) in [6.07, 6.45) is 1.49. The number of nitrogens with zero attached hydrogens (tertiary/aromatic N) is 1. The summed E-state index contributed by atoms with van der Waals surface area (Å²) < 4.78 is 27.2. The highest BCUT2D eigenvalue weighted by molar-refractivity contribution is 6.03. The molecule has 0 fully saturated rings. The molecule has 0 spiro atoms. The molecule has 132 valence electrons. The number of carbonyl (C=O) groups is 1. The van der Waals surface area contributed by atoms with Gasteiger partial charge in [0, 0.05) is 5.69 Å². The van der Waals surface area contributed by atoms with Crippen LogP contribution < -0.4 is 10.6 Å². The molecular weight excluding hydrogens is 336 g/mol. The van der Waals surface area contributed by atoms with E-state index in [0.29, 0.717) is 5.69 Å². The van der Waals surface area contributed by atoms with E-state index in [0.717, 1.165) is 28.9 Å². The van der Waals surface area contributed by atoms with Gasteiger partial charge >= 0.3 is 0 Å². The van der Waals surface area contributed by atoms with E-state index in [1.54, 1.807) is 6.07 Å². The molecular formula is C20H17F2N3O. The van der Waals surface area contributed by atoms with Crippen LogP contribution in [0.15, 0.2) is 54.7 Å². The molecule has 3 rings (SSSR count). The summed E-state index contributed by atoms with van der Waals surface area (Å²) in [4.78, 5) is 16.2. The number of anilines is 3. The van der Waals surface area contributed by atoms with Gasteiger partial charge in [0.2, 0.25) is 0 Å². The lowest BCUT2D eigenvalue weighted by Gasteiger charge is -2.12. The zero-order valence-corrected chi connectivity index (χ0v) is 14.3. The molecule has 0 aliphatic carbocycles. The Balaban J connectivity index is 1.75. The van der Waals surface area contributed by atoms with Crippen molar-refractivity contribution in [3.8, 4) is 0 Å². The summed E-state index contributed by atoms with van der Waals surface area (Å²) >= 11 is 0. The summed E-state index contributed by atoms with van der Waals surface area (Å²) in [5, 5.41) is 5.44. The quantitative estimate of drug-likeness (QED) is 0.696. The Bertz CT molecular complexity index is 936. The highest BCUT2D eigenvalue weighted by atomic mass is 19.1. The van der Waals surface area contributed by atoms with Gasteiger partial charge in [-0.25, -0.2) is 13.8 Å². The molecule has 0 saturated carbocycles. The van der Waals surface area contributed by atoms with Gasteiger partial charge in [-0.1, -0.05) is 18.2 Å². The fourth-order valence-electron chi connectivity index (χ4n) is 2.44. The fourth-order valence-corrected chi connectivity index (χ4v) is 2.44. The molecule has 2 N–H and O–H groups in total. The van der Waals surface area contributed by atoms with Crippen molar-refractivity contribution in [3.63, 3.8) is 0 Å². The smallest absolute Gasteiger partial charge is 0.274 e. The van der Waals surface area contributed by atoms with Gasteiger partial charge < -0.3 is 10.6 Å². The first-order valence-corrected chi connectivity index (χ1v) is 8.00. The molecule has 0 aliphatic heterocycles. The van der Waals surface area contributed by atoms with E-state index in [4.69, 9.17) is 0 Å². The Morgan fingerprint density at radius 3 is 2.31 bits per heavy atom. The number of halogens is 2. The van der Waals surface area contributed by atoms with Gasteiger partial charge in [-0.3, -0.25) is 4.79 Å². The third kappa shape index (κ3) is 3.69. The van der Waals surface area contributed by atoms with Crippen molar-refractivity contribution in [2.75, 3.05) is 10.6 Å². The molecule has 1 heterocycles. The number of hydrogen-bond donors (Lipinski definition) is 2. The molecule has 1 amide bonds. The van der Waals surface area contributed by atoms with Crippen LogP contribution in [0.2, 0.25) is 0 Å². The lowest BCUT2D eigenvalue weighted by molar-refractivity contribution is 0.102. The van der Waals surface area contributed by atoms with Gasteiger partial charge in [-0.05, 0) is 55.3 Å². The number of nitrogens with one attached hydrogen (secondary N) is 2. The van der Waals surface area contributed by atoms with Gasteiger partial charge in [0.15, 0.2) is 0 Å². The number of hydrogen-bond acceptors (Lipinski definition) is 3. The van der Waals surface area contributed by atoms with Crippen molar-refractivity contribution in [1.82, 2.24) is 4.98 Å². The first-order chi connectivity index (χ1) is 12.5. The number of benzene rings is 2. The van der Waals surface area contributed by atoms with E-state index >= 15 is 0 Å². The first-order valence-electron chi connectivity index (χ1n) is 8.00. The number of aryl methyl sites for hydroxylation is 1. The predicted molar refractivity (Wildman–Crippen MR) is 97.7 cm³/mol. The average Bonchev–Trinajstić information content (AvgIpc) is 2.63. The molecule has 0 bridgehead atoms. The monoisotopic (exact) mass is 353 g/mol. The lowest BCUT2D eigenvalue weighted by Crippen LogP contribution is -2.15. The molecule has 2 aromatic carbocycles. The van der Waals surface area contributed by atoms with Gasteiger partial charge in [0.25, 0.3) is 5.91 Å². The van der Waals surface area contributed by atoms with E-state index in [1.165, 1.54) is 18.3 Å². The molecule has 6 heteroatoms. The normalized spacial score (nSPS) is 10.5. The second kappa shape index (κ2) is 7.31. The van der Waals surface area contributed by atoms with Crippen LogP contribution in [0.25, 0.3) is 0 Å². The van der Waals surface area contributed by atoms with Gasteiger partial charge in [0.05, 0.1) is 11.9 Å². The van der Waals surface area contributed by atoms with Crippen LogP contribution in [-0.2, 0) is 0 Å². The number of rotatable bonds is 4. The minimum atomic E-state index is -0.841. The second-order valence-electron chi connectivity index (χ2n) is 5.86. The molecule has 26 heavy (non-hydrogen) atoms.